The van der Waals surface area contributed by atoms with Crippen LogP contribution in [0.5, 0.6) is 11.5 Å². The largest absolute Gasteiger partial charge is 0.508 e. The fraction of sp³-hybridized carbons (Fsp3) is 0.200. The van der Waals surface area contributed by atoms with Gasteiger partial charge >= 0.3 is 0 Å². The highest BCUT2D eigenvalue weighted by Gasteiger charge is 2.12. The van der Waals surface area contributed by atoms with Gasteiger partial charge in [-0.25, -0.2) is 0 Å². The molecule has 16 heavy (non-hydrogen) atoms. The minimum absolute atomic E-state index is 0.124. The number of aromatic hydroxyl groups is 2. The van der Waals surface area contributed by atoms with Crippen molar-refractivity contribution in [2.75, 3.05) is 5.32 Å². The number of benzene rings is 1. The van der Waals surface area contributed by atoms with E-state index < -0.39 is 0 Å². The van der Waals surface area contributed by atoms with Crippen LogP contribution in [0.2, 0.25) is 0 Å². The third-order valence-corrected chi connectivity index (χ3v) is 2.80. The first-order chi connectivity index (χ1) is 7.66. The van der Waals surface area contributed by atoms with Gasteiger partial charge in [0.2, 0.25) is 5.13 Å². The summed E-state index contributed by atoms with van der Waals surface area (Å²) in [6, 6.07) is 4.27. The second kappa shape index (κ2) is 4.36. The molecule has 1 heterocycles. The van der Waals surface area contributed by atoms with Crippen molar-refractivity contribution in [2.45, 2.75) is 13.0 Å². The van der Waals surface area contributed by atoms with Crippen molar-refractivity contribution >= 4 is 16.5 Å². The maximum Gasteiger partial charge on any atom is 0.205 e. The average molecular weight is 237 g/mol. The molecule has 0 saturated heterocycles. The highest BCUT2D eigenvalue weighted by Crippen LogP contribution is 2.30. The normalized spacial score (nSPS) is 12.3. The smallest absolute Gasteiger partial charge is 0.205 e. The summed E-state index contributed by atoms with van der Waals surface area (Å²) in [4.78, 5) is 0. The quantitative estimate of drug-likeness (QED) is 0.713. The van der Waals surface area contributed by atoms with Crippen molar-refractivity contribution in [3.05, 3.63) is 29.3 Å². The number of phenols is 2. The van der Waals surface area contributed by atoms with Crippen LogP contribution in [0.25, 0.3) is 0 Å². The van der Waals surface area contributed by atoms with Crippen molar-refractivity contribution in [2.24, 2.45) is 0 Å². The Bertz CT molecular complexity index is 473. The van der Waals surface area contributed by atoms with Gasteiger partial charge in [-0.05, 0) is 25.1 Å². The Balaban J connectivity index is 2.20. The monoisotopic (exact) mass is 237 g/mol. The Morgan fingerprint density at radius 2 is 2.19 bits per heavy atom. The molecule has 1 unspecified atom stereocenters. The molecule has 0 amide bonds. The van der Waals surface area contributed by atoms with Gasteiger partial charge in [0.05, 0.1) is 6.04 Å². The Hall–Kier alpha value is -1.82. The van der Waals surface area contributed by atoms with Gasteiger partial charge < -0.3 is 15.5 Å². The SMILES string of the molecule is CC(Nc1nncs1)c1cc(O)ccc1O. The number of phenolic OH excluding ortho intramolecular Hbond substituents is 2. The summed E-state index contributed by atoms with van der Waals surface area (Å²) in [5.41, 5.74) is 2.24. The van der Waals surface area contributed by atoms with Crippen LogP contribution in [0.4, 0.5) is 5.13 Å². The van der Waals surface area contributed by atoms with Crippen LogP contribution in [0.1, 0.15) is 18.5 Å². The van der Waals surface area contributed by atoms with E-state index in [9.17, 15) is 10.2 Å². The summed E-state index contributed by atoms with van der Waals surface area (Å²) >= 11 is 1.38. The zero-order chi connectivity index (χ0) is 11.5. The molecule has 2 aromatic rings. The molecule has 6 heteroatoms. The molecular formula is C10H11N3O2S. The van der Waals surface area contributed by atoms with Gasteiger partial charge in [-0.3, -0.25) is 0 Å². The molecule has 0 aliphatic carbocycles. The van der Waals surface area contributed by atoms with Crippen LogP contribution >= 0.6 is 11.3 Å². The van der Waals surface area contributed by atoms with Crippen molar-refractivity contribution in [3.63, 3.8) is 0 Å². The average Bonchev–Trinajstić information content (AvgIpc) is 2.74. The Morgan fingerprint density at radius 3 is 2.88 bits per heavy atom. The van der Waals surface area contributed by atoms with E-state index in [4.69, 9.17) is 0 Å². The van der Waals surface area contributed by atoms with E-state index in [1.807, 2.05) is 6.92 Å². The second-order valence-electron chi connectivity index (χ2n) is 3.35. The highest BCUT2D eigenvalue weighted by atomic mass is 32.1. The number of hydrogen-bond acceptors (Lipinski definition) is 6. The first-order valence-electron chi connectivity index (χ1n) is 4.71. The molecule has 0 aliphatic rings. The zero-order valence-electron chi connectivity index (χ0n) is 8.58. The molecule has 3 N–H and O–H groups in total. The zero-order valence-corrected chi connectivity index (χ0v) is 9.40. The third kappa shape index (κ3) is 2.22. The summed E-state index contributed by atoms with van der Waals surface area (Å²) in [7, 11) is 0. The number of nitrogens with zero attached hydrogens (tertiary/aromatic N) is 2. The Morgan fingerprint density at radius 1 is 1.38 bits per heavy atom. The van der Waals surface area contributed by atoms with Gasteiger partial charge in [0.1, 0.15) is 17.0 Å². The fourth-order valence-corrected chi connectivity index (χ4v) is 1.92. The van der Waals surface area contributed by atoms with Crippen LogP contribution in [-0.4, -0.2) is 20.4 Å². The Kier molecular flexibility index (Phi) is 2.91. The lowest BCUT2D eigenvalue weighted by Gasteiger charge is -2.14. The van der Waals surface area contributed by atoms with E-state index in [1.54, 1.807) is 5.51 Å². The van der Waals surface area contributed by atoms with E-state index in [0.717, 1.165) is 0 Å². The molecule has 0 saturated carbocycles. The molecule has 0 bridgehead atoms. The lowest BCUT2D eigenvalue weighted by molar-refractivity contribution is 0.451. The molecule has 0 fully saturated rings. The number of aromatic nitrogens is 2. The molecular weight excluding hydrogens is 226 g/mol. The van der Waals surface area contributed by atoms with Gasteiger partial charge in [-0.2, -0.15) is 0 Å². The minimum Gasteiger partial charge on any atom is -0.508 e. The molecule has 1 atom stereocenters. The van der Waals surface area contributed by atoms with Crippen LogP contribution < -0.4 is 5.32 Å². The van der Waals surface area contributed by atoms with Crippen molar-refractivity contribution in [1.29, 1.82) is 0 Å². The molecule has 2 rings (SSSR count). The van der Waals surface area contributed by atoms with Crippen molar-refractivity contribution in [1.82, 2.24) is 10.2 Å². The topological polar surface area (TPSA) is 78.3 Å². The van der Waals surface area contributed by atoms with Gasteiger partial charge in [-0.1, -0.05) is 11.3 Å². The number of hydrogen-bond donors (Lipinski definition) is 3. The van der Waals surface area contributed by atoms with E-state index >= 15 is 0 Å². The minimum atomic E-state index is -0.153. The van der Waals surface area contributed by atoms with Crippen LogP contribution in [0.3, 0.4) is 0 Å². The van der Waals surface area contributed by atoms with E-state index in [1.165, 1.54) is 29.5 Å². The first kappa shape index (κ1) is 10.7. The maximum atomic E-state index is 9.65. The van der Waals surface area contributed by atoms with E-state index in [-0.39, 0.29) is 17.5 Å². The van der Waals surface area contributed by atoms with Crippen molar-refractivity contribution < 1.29 is 10.2 Å². The van der Waals surface area contributed by atoms with Crippen LogP contribution in [-0.2, 0) is 0 Å². The van der Waals surface area contributed by atoms with Crippen molar-refractivity contribution in [3.8, 4) is 11.5 Å². The highest BCUT2D eigenvalue weighted by molar-refractivity contribution is 7.13. The summed E-state index contributed by atoms with van der Waals surface area (Å²) in [5, 5.41) is 30.3. The van der Waals surface area contributed by atoms with Crippen LogP contribution in [0.15, 0.2) is 23.7 Å². The second-order valence-corrected chi connectivity index (χ2v) is 4.19. The molecule has 0 radical (unpaired) electrons. The van der Waals surface area contributed by atoms with Gasteiger partial charge in [-0.15, -0.1) is 10.2 Å². The Labute approximate surface area is 96.4 Å². The van der Waals surface area contributed by atoms with E-state index in [0.29, 0.717) is 10.7 Å². The number of anilines is 1. The summed E-state index contributed by atoms with van der Waals surface area (Å²) in [6.45, 7) is 1.87. The first-order valence-corrected chi connectivity index (χ1v) is 5.59. The molecule has 1 aromatic heterocycles. The predicted molar refractivity (Wildman–Crippen MR) is 61.7 cm³/mol. The van der Waals surface area contributed by atoms with Gasteiger partial charge in [0, 0.05) is 5.56 Å². The lowest BCUT2D eigenvalue weighted by Crippen LogP contribution is -2.06. The third-order valence-electron chi connectivity index (χ3n) is 2.18. The lowest BCUT2D eigenvalue weighted by atomic mass is 10.1. The molecule has 1 aromatic carbocycles. The number of rotatable bonds is 3. The fourth-order valence-electron chi connectivity index (χ4n) is 1.39. The standard InChI is InChI=1S/C10H11N3O2S/c1-6(12-10-13-11-5-16-10)8-4-7(14)2-3-9(8)15/h2-6,14-15H,1H3,(H,12,13). The van der Waals surface area contributed by atoms with E-state index in [2.05, 4.69) is 15.5 Å². The summed E-state index contributed by atoms with van der Waals surface area (Å²) in [6.07, 6.45) is 0. The van der Waals surface area contributed by atoms with Gasteiger partial charge in [0.25, 0.3) is 0 Å². The summed E-state index contributed by atoms with van der Waals surface area (Å²) in [5.74, 6) is 0.265. The molecule has 0 spiro atoms. The molecule has 0 aliphatic heterocycles. The maximum absolute atomic E-state index is 9.65. The van der Waals surface area contributed by atoms with Gasteiger partial charge in [0.15, 0.2) is 0 Å². The predicted octanol–water partition coefficient (Wildman–Crippen LogP) is 2.12. The van der Waals surface area contributed by atoms with Crippen LogP contribution in [0, 0.1) is 0 Å². The molecule has 84 valence electrons. The molecule has 5 nitrogen and oxygen atoms in total. The summed E-state index contributed by atoms with van der Waals surface area (Å²) < 4.78 is 0. The number of nitrogens with one attached hydrogen (secondary N) is 1.